The molecule has 1 aromatic carbocycles. The SMILES string of the molecule is CCOC(=O)C1C=C(Oc2ccc(C(F)F)cc2)c2cc(C(=O)N(C)C)oc2C1. The third-order valence-corrected chi connectivity index (χ3v) is 4.40. The van der Waals surface area contributed by atoms with Crippen molar-refractivity contribution in [3.05, 3.63) is 59.1 Å². The van der Waals surface area contributed by atoms with E-state index in [2.05, 4.69) is 0 Å². The molecule has 2 aromatic rings. The number of rotatable bonds is 6. The van der Waals surface area contributed by atoms with E-state index >= 15 is 0 Å². The van der Waals surface area contributed by atoms with Crippen LogP contribution in [0.3, 0.4) is 0 Å². The Labute approximate surface area is 166 Å². The lowest BCUT2D eigenvalue weighted by Crippen LogP contribution is -2.22. The van der Waals surface area contributed by atoms with Gasteiger partial charge in [-0.05, 0) is 37.3 Å². The molecule has 3 rings (SSSR count). The van der Waals surface area contributed by atoms with Crippen LogP contribution < -0.4 is 4.74 Å². The maximum Gasteiger partial charge on any atom is 0.313 e. The summed E-state index contributed by atoms with van der Waals surface area (Å²) in [7, 11) is 3.20. The van der Waals surface area contributed by atoms with Crippen LogP contribution in [0.5, 0.6) is 5.75 Å². The van der Waals surface area contributed by atoms with Gasteiger partial charge in [0.2, 0.25) is 0 Å². The molecule has 0 radical (unpaired) electrons. The van der Waals surface area contributed by atoms with Crippen LogP contribution in [0.2, 0.25) is 0 Å². The average Bonchev–Trinajstić information content (AvgIpc) is 3.12. The molecular formula is C21H21F2NO5. The van der Waals surface area contributed by atoms with Crippen LogP contribution >= 0.6 is 0 Å². The quantitative estimate of drug-likeness (QED) is 0.678. The molecule has 0 N–H and O–H groups in total. The first-order valence-corrected chi connectivity index (χ1v) is 9.09. The minimum Gasteiger partial charge on any atom is -0.466 e. The summed E-state index contributed by atoms with van der Waals surface area (Å²) in [5.41, 5.74) is 0.413. The molecule has 1 amide bonds. The Morgan fingerprint density at radius 2 is 1.93 bits per heavy atom. The van der Waals surface area contributed by atoms with Gasteiger partial charge in [-0.3, -0.25) is 9.59 Å². The van der Waals surface area contributed by atoms with Crippen LogP contribution in [0.4, 0.5) is 8.78 Å². The second-order valence-corrected chi connectivity index (χ2v) is 6.71. The number of ether oxygens (including phenoxy) is 2. The second kappa shape index (κ2) is 8.46. The van der Waals surface area contributed by atoms with Crippen molar-refractivity contribution in [2.45, 2.75) is 19.8 Å². The minimum absolute atomic E-state index is 0.118. The van der Waals surface area contributed by atoms with Crippen LogP contribution in [0, 0.1) is 5.92 Å². The first kappa shape index (κ1) is 20.6. The number of carbonyl (C=O) groups is 2. The van der Waals surface area contributed by atoms with Crippen molar-refractivity contribution in [1.82, 2.24) is 4.90 Å². The van der Waals surface area contributed by atoms with Gasteiger partial charge in [0, 0.05) is 32.1 Å². The Hall–Kier alpha value is -3.16. The molecular weight excluding hydrogens is 384 g/mol. The van der Waals surface area contributed by atoms with E-state index in [1.54, 1.807) is 33.2 Å². The number of fused-ring (bicyclic) bond motifs is 1. The Bertz CT molecular complexity index is 931. The van der Waals surface area contributed by atoms with Crippen molar-refractivity contribution in [1.29, 1.82) is 0 Å². The third-order valence-electron chi connectivity index (χ3n) is 4.40. The number of hydrogen-bond acceptors (Lipinski definition) is 5. The highest BCUT2D eigenvalue weighted by molar-refractivity contribution is 5.92. The lowest BCUT2D eigenvalue weighted by atomic mass is 9.93. The molecule has 1 aliphatic rings. The standard InChI is InChI=1S/C21H21F2NO5/c1-4-27-21(26)13-9-16(28-14-7-5-12(6-8-14)19(22)23)15-11-18(20(25)24(2)3)29-17(15)10-13/h5-9,11,13,19H,4,10H2,1-3H3. The molecule has 1 unspecified atom stereocenters. The minimum atomic E-state index is -2.58. The number of esters is 1. The highest BCUT2D eigenvalue weighted by atomic mass is 19.3. The fraction of sp³-hybridized carbons (Fsp3) is 0.333. The van der Waals surface area contributed by atoms with Gasteiger partial charge in [0.1, 0.15) is 17.3 Å². The molecule has 154 valence electrons. The first-order valence-electron chi connectivity index (χ1n) is 9.09. The topological polar surface area (TPSA) is 69.0 Å². The summed E-state index contributed by atoms with van der Waals surface area (Å²) in [4.78, 5) is 25.9. The Morgan fingerprint density at radius 3 is 2.52 bits per heavy atom. The molecule has 8 heteroatoms. The van der Waals surface area contributed by atoms with Crippen LogP contribution in [0.1, 0.15) is 40.8 Å². The van der Waals surface area contributed by atoms with E-state index in [9.17, 15) is 18.4 Å². The molecule has 1 heterocycles. The normalized spacial score (nSPS) is 15.5. The summed E-state index contributed by atoms with van der Waals surface area (Å²) in [5.74, 6) is -0.251. The van der Waals surface area contributed by atoms with Gasteiger partial charge < -0.3 is 18.8 Å². The van der Waals surface area contributed by atoms with E-state index in [4.69, 9.17) is 13.9 Å². The predicted octanol–water partition coefficient (Wildman–Crippen LogP) is 4.07. The third kappa shape index (κ3) is 4.47. The summed E-state index contributed by atoms with van der Waals surface area (Å²) < 4.78 is 42.1. The lowest BCUT2D eigenvalue weighted by molar-refractivity contribution is -0.146. The predicted molar refractivity (Wildman–Crippen MR) is 101 cm³/mol. The zero-order valence-corrected chi connectivity index (χ0v) is 16.3. The van der Waals surface area contributed by atoms with Crippen LogP contribution in [-0.4, -0.2) is 37.5 Å². The highest BCUT2D eigenvalue weighted by Crippen LogP contribution is 2.35. The molecule has 0 spiro atoms. The summed E-state index contributed by atoms with van der Waals surface area (Å²) in [5, 5.41) is 0. The number of nitrogens with zero attached hydrogens (tertiary/aromatic N) is 1. The maximum absolute atomic E-state index is 12.8. The first-order chi connectivity index (χ1) is 13.8. The van der Waals surface area contributed by atoms with Gasteiger partial charge in [0.05, 0.1) is 18.1 Å². The fourth-order valence-corrected chi connectivity index (χ4v) is 2.94. The van der Waals surface area contributed by atoms with Crippen molar-refractivity contribution in [3.63, 3.8) is 0 Å². The molecule has 1 aliphatic carbocycles. The number of alkyl halides is 2. The smallest absolute Gasteiger partial charge is 0.313 e. The zero-order chi connectivity index (χ0) is 21.1. The molecule has 6 nitrogen and oxygen atoms in total. The monoisotopic (exact) mass is 405 g/mol. The number of halogens is 2. The Morgan fingerprint density at radius 1 is 1.24 bits per heavy atom. The number of amides is 1. The summed E-state index contributed by atoms with van der Waals surface area (Å²) >= 11 is 0. The number of benzene rings is 1. The molecule has 1 atom stereocenters. The Balaban J connectivity index is 1.94. The molecule has 1 aromatic heterocycles. The van der Waals surface area contributed by atoms with Crippen LogP contribution in [-0.2, 0) is 16.0 Å². The molecule has 0 saturated carbocycles. The molecule has 0 fully saturated rings. The van der Waals surface area contributed by atoms with Crippen LogP contribution in [0.15, 0.2) is 40.8 Å². The van der Waals surface area contributed by atoms with Gasteiger partial charge in [0.25, 0.3) is 12.3 Å². The van der Waals surface area contributed by atoms with Gasteiger partial charge in [-0.15, -0.1) is 0 Å². The number of furan rings is 1. The fourth-order valence-electron chi connectivity index (χ4n) is 2.94. The van der Waals surface area contributed by atoms with Gasteiger partial charge in [0.15, 0.2) is 5.76 Å². The maximum atomic E-state index is 12.8. The van der Waals surface area contributed by atoms with Crippen molar-refractivity contribution in [2.24, 2.45) is 5.92 Å². The largest absolute Gasteiger partial charge is 0.466 e. The van der Waals surface area contributed by atoms with Crippen molar-refractivity contribution >= 4 is 17.6 Å². The average molecular weight is 405 g/mol. The number of carbonyl (C=O) groups excluding carboxylic acids is 2. The van der Waals surface area contributed by atoms with Crippen molar-refractivity contribution in [2.75, 3.05) is 20.7 Å². The zero-order valence-electron chi connectivity index (χ0n) is 16.3. The summed E-state index contributed by atoms with van der Waals surface area (Å²) in [6.07, 6.45) is -0.751. The van der Waals surface area contributed by atoms with E-state index < -0.39 is 18.3 Å². The number of hydrogen-bond donors (Lipinski definition) is 0. The van der Waals surface area contributed by atoms with Crippen molar-refractivity contribution in [3.8, 4) is 5.75 Å². The van der Waals surface area contributed by atoms with E-state index in [-0.39, 0.29) is 30.3 Å². The van der Waals surface area contributed by atoms with Crippen molar-refractivity contribution < 1.29 is 32.3 Å². The molecule has 0 aliphatic heterocycles. The lowest BCUT2D eigenvalue weighted by Gasteiger charge is -2.19. The Kier molecular flexibility index (Phi) is 6.00. The second-order valence-electron chi connectivity index (χ2n) is 6.71. The summed E-state index contributed by atoms with van der Waals surface area (Å²) in [6, 6.07) is 6.93. The molecule has 29 heavy (non-hydrogen) atoms. The van der Waals surface area contributed by atoms with Gasteiger partial charge in [-0.1, -0.05) is 0 Å². The van der Waals surface area contributed by atoms with Gasteiger partial charge >= 0.3 is 5.97 Å². The summed E-state index contributed by atoms with van der Waals surface area (Å²) in [6.45, 7) is 1.93. The van der Waals surface area contributed by atoms with E-state index in [1.807, 2.05) is 0 Å². The molecule has 0 bridgehead atoms. The van der Waals surface area contributed by atoms with E-state index in [0.29, 0.717) is 22.8 Å². The van der Waals surface area contributed by atoms with E-state index in [0.717, 1.165) is 0 Å². The van der Waals surface area contributed by atoms with Crippen LogP contribution in [0.25, 0.3) is 5.76 Å². The van der Waals surface area contributed by atoms with Gasteiger partial charge in [-0.25, -0.2) is 8.78 Å². The van der Waals surface area contributed by atoms with E-state index in [1.165, 1.54) is 29.2 Å². The highest BCUT2D eigenvalue weighted by Gasteiger charge is 2.31. The molecule has 0 saturated heterocycles. The van der Waals surface area contributed by atoms with Gasteiger partial charge in [-0.2, -0.15) is 0 Å².